The van der Waals surface area contributed by atoms with E-state index in [2.05, 4.69) is 22.7 Å². The molecule has 2 aliphatic heterocycles. The van der Waals surface area contributed by atoms with Gasteiger partial charge in [0.05, 0.1) is 5.69 Å². The second-order valence-corrected chi connectivity index (χ2v) is 5.10. The number of hydrogen-bond donors (Lipinski definition) is 2. The Morgan fingerprint density at radius 2 is 1.83 bits per heavy atom. The van der Waals surface area contributed by atoms with Gasteiger partial charge in [0.2, 0.25) is 0 Å². The molecule has 2 saturated heterocycles. The molecule has 0 unspecified atom stereocenters. The third kappa shape index (κ3) is 1.95. The minimum Gasteiger partial charge on any atom is -0.317 e. The summed E-state index contributed by atoms with van der Waals surface area (Å²) < 4.78 is 0. The van der Waals surface area contributed by atoms with Crippen molar-refractivity contribution in [3.8, 4) is 0 Å². The summed E-state index contributed by atoms with van der Waals surface area (Å²) in [5.74, 6) is 0. The number of hydrazine groups is 1. The van der Waals surface area contributed by atoms with Crippen LogP contribution in [0.3, 0.4) is 0 Å². The molecule has 0 atom stereocenters. The lowest BCUT2D eigenvalue weighted by Gasteiger charge is -2.37. The van der Waals surface area contributed by atoms with E-state index in [1.165, 1.54) is 0 Å². The molecule has 2 N–H and O–H groups in total. The van der Waals surface area contributed by atoms with Crippen LogP contribution in [-0.4, -0.2) is 36.7 Å². The fourth-order valence-electron chi connectivity index (χ4n) is 2.55. The predicted molar refractivity (Wildman–Crippen MR) is 70.1 cm³/mol. The first kappa shape index (κ1) is 11.5. The lowest BCUT2D eigenvalue weighted by atomic mass is 9.98. The topological polar surface area (TPSA) is 47.6 Å². The van der Waals surface area contributed by atoms with Gasteiger partial charge in [0, 0.05) is 13.1 Å². The Hall–Kier alpha value is -1.59. The number of amides is 2. The summed E-state index contributed by atoms with van der Waals surface area (Å²) in [6.45, 7) is 1.99. The smallest absolute Gasteiger partial charge is 0.317 e. The molecule has 0 bridgehead atoms. The van der Waals surface area contributed by atoms with Crippen molar-refractivity contribution in [2.45, 2.75) is 18.5 Å². The maximum Gasteiger partial charge on any atom is 0.338 e. The highest BCUT2D eigenvalue weighted by Gasteiger charge is 2.44. The number of nitrogens with zero attached hydrogens (tertiary/aromatic N) is 2. The molecule has 2 amide bonds. The first-order chi connectivity index (χ1) is 8.69. The van der Waals surface area contributed by atoms with E-state index in [-0.39, 0.29) is 11.7 Å². The zero-order valence-electron chi connectivity index (χ0n) is 10.5. The van der Waals surface area contributed by atoms with E-state index >= 15 is 0 Å². The molecular weight excluding hydrogens is 228 g/mol. The maximum absolute atomic E-state index is 12.1. The number of nitrogens with one attached hydrogen (secondary N) is 2. The van der Waals surface area contributed by atoms with Gasteiger partial charge in [-0.15, -0.1) is 0 Å². The summed E-state index contributed by atoms with van der Waals surface area (Å²) in [6, 6.07) is 9.61. The lowest BCUT2D eigenvalue weighted by molar-refractivity contribution is 0.156. The van der Waals surface area contributed by atoms with Gasteiger partial charge in [-0.3, -0.25) is 0 Å². The fraction of sp³-hybridized carbons (Fsp3) is 0.462. The third-order valence-corrected chi connectivity index (χ3v) is 3.73. The number of likely N-dealkylation sites (tertiary alicyclic amines) is 1. The number of carbonyl (C=O) groups is 1. The summed E-state index contributed by atoms with van der Waals surface area (Å²) in [7, 11) is 2.11. The minimum atomic E-state index is -0.264. The molecule has 2 fully saturated rings. The average molecular weight is 246 g/mol. The van der Waals surface area contributed by atoms with Crippen molar-refractivity contribution in [2.75, 3.05) is 25.1 Å². The van der Waals surface area contributed by atoms with Crippen molar-refractivity contribution in [1.82, 2.24) is 15.6 Å². The number of urea groups is 1. The number of rotatable bonds is 1. The van der Waals surface area contributed by atoms with Crippen LogP contribution < -0.4 is 15.8 Å². The summed E-state index contributed by atoms with van der Waals surface area (Å²) in [4.78, 5) is 14.4. The Bertz CT molecular complexity index is 440. The average Bonchev–Trinajstić information content (AvgIpc) is 2.72. The zero-order valence-corrected chi connectivity index (χ0v) is 10.5. The van der Waals surface area contributed by atoms with Crippen LogP contribution in [0.2, 0.25) is 0 Å². The van der Waals surface area contributed by atoms with E-state index in [0.717, 1.165) is 31.6 Å². The Balaban J connectivity index is 1.78. The number of carbonyl (C=O) groups excluding carboxylic acids is 1. The standard InChI is InChI=1S/C13H18N4O/c1-16-9-7-13(8-10-16)14-12(18)17(15-13)11-5-3-2-4-6-11/h2-6,15H,7-10H2,1H3,(H,14,18). The highest BCUT2D eigenvalue weighted by atomic mass is 16.2. The van der Waals surface area contributed by atoms with Crippen molar-refractivity contribution in [3.05, 3.63) is 30.3 Å². The lowest BCUT2D eigenvalue weighted by Crippen LogP contribution is -2.57. The summed E-state index contributed by atoms with van der Waals surface area (Å²) in [5, 5.41) is 4.70. The molecule has 0 radical (unpaired) electrons. The molecule has 1 aromatic rings. The van der Waals surface area contributed by atoms with Crippen LogP contribution >= 0.6 is 0 Å². The second-order valence-electron chi connectivity index (χ2n) is 5.10. The van der Waals surface area contributed by atoms with Crippen molar-refractivity contribution in [2.24, 2.45) is 0 Å². The van der Waals surface area contributed by atoms with Crippen molar-refractivity contribution in [1.29, 1.82) is 0 Å². The molecule has 18 heavy (non-hydrogen) atoms. The SMILES string of the molecule is CN1CCC2(CC1)NC(=O)N(c1ccccc1)N2. The van der Waals surface area contributed by atoms with Gasteiger partial charge < -0.3 is 10.2 Å². The van der Waals surface area contributed by atoms with Gasteiger partial charge in [-0.2, -0.15) is 0 Å². The largest absolute Gasteiger partial charge is 0.338 e. The van der Waals surface area contributed by atoms with E-state index < -0.39 is 0 Å². The van der Waals surface area contributed by atoms with Crippen molar-refractivity contribution in [3.63, 3.8) is 0 Å². The van der Waals surface area contributed by atoms with Crippen molar-refractivity contribution >= 4 is 11.7 Å². The first-order valence-corrected chi connectivity index (χ1v) is 6.32. The van der Waals surface area contributed by atoms with Gasteiger partial charge in [-0.25, -0.2) is 15.2 Å². The second kappa shape index (κ2) is 4.26. The number of anilines is 1. The quantitative estimate of drug-likeness (QED) is 0.781. The number of piperidine rings is 1. The highest BCUT2D eigenvalue weighted by molar-refractivity contribution is 5.93. The summed E-state index contributed by atoms with van der Waals surface area (Å²) in [5.41, 5.74) is 3.95. The molecule has 0 saturated carbocycles. The molecule has 3 rings (SSSR count). The Morgan fingerprint density at radius 1 is 1.17 bits per heavy atom. The summed E-state index contributed by atoms with van der Waals surface area (Å²) in [6.07, 6.45) is 1.86. The molecule has 0 aromatic heterocycles. The van der Waals surface area contributed by atoms with Crippen LogP contribution in [0.4, 0.5) is 10.5 Å². The highest BCUT2D eigenvalue weighted by Crippen LogP contribution is 2.26. The van der Waals surface area contributed by atoms with Crippen molar-refractivity contribution < 1.29 is 4.79 Å². The molecule has 1 aromatic carbocycles. The van der Waals surface area contributed by atoms with Crippen LogP contribution in [0.1, 0.15) is 12.8 Å². The Labute approximate surface area is 107 Å². The Kier molecular flexibility index (Phi) is 2.72. The van der Waals surface area contributed by atoms with Crippen LogP contribution in [-0.2, 0) is 0 Å². The van der Waals surface area contributed by atoms with Gasteiger partial charge >= 0.3 is 6.03 Å². The normalized spacial score (nSPS) is 23.4. The molecule has 2 aliphatic rings. The van der Waals surface area contributed by atoms with Crippen LogP contribution in [0.15, 0.2) is 30.3 Å². The molecule has 5 nitrogen and oxygen atoms in total. The molecule has 5 heteroatoms. The molecule has 1 spiro atoms. The first-order valence-electron chi connectivity index (χ1n) is 6.32. The van der Waals surface area contributed by atoms with Gasteiger partial charge in [-0.05, 0) is 32.0 Å². The number of hydrogen-bond acceptors (Lipinski definition) is 3. The van der Waals surface area contributed by atoms with E-state index in [9.17, 15) is 4.79 Å². The summed E-state index contributed by atoms with van der Waals surface area (Å²) >= 11 is 0. The monoisotopic (exact) mass is 246 g/mol. The van der Waals surface area contributed by atoms with Gasteiger partial charge in [0.1, 0.15) is 5.66 Å². The molecule has 2 heterocycles. The molecular formula is C13H18N4O. The zero-order chi connectivity index (χ0) is 12.6. The van der Waals surface area contributed by atoms with E-state index in [1.54, 1.807) is 5.01 Å². The van der Waals surface area contributed by atoms with Crippen LogP contribution in [0.5, 0.6) is 0 Å². The fourth-order valence-corrected chi connectivity index (χ4v) is 2.55. The minimum absolute atomic E-state index is 0.0641. The maximum atomic E-state index is 12.1. The predicted octanol–water partition coefficient (Wildman–Crippen LogP) is 1.14. The van der Waals surface area contributed by atoms with Gasteiger partial charge in [0.25, 0.3) is 0 Å². The van der Waals surface area contributed by atoms with Gasteiger partial charge in [0.15, 0.2) is 0 Å². The van der Waals surface area contributed by atoms with E-state index in [0.29, 0.717) is 0 Å². The Morgan fingerprint density at radius 3 is 2.50 bits per heavy atom. The number of para-hydroxylation sites is 1. The van der Waals surface area contributed by atoms with E-state index in [1.807, 2.05) is 30.3 Å². The molecule has 96 valence electrons. The van der Waals surface area contributed by atoms with Crippen LogP contribution in [0.25, 0.3) is 0 Å². The number of benzene rings is 1. The third-order valence-electron chi connectivity index (χ3n) is 3.73. The van der Waals surface area contributed by atoms with Crippen LogP contribution in [0, 0.1) is 0 Å². The van der Waals surface area contributed by atoms with Gasteiger partial charge in [-0.1, -0.05) is 18.2 Å². The molecule has 0 aliphatic carbocycles. The van der Waals surface area contributed by atoms with E-state index in [4.69, 9.17) is 0 Å².